The predicted molar refractivity (Wildman–Crippen MR) is 49.4 cm³/mol. The summed E-state index contributed by atoms with van der Waals surface area (Å²) in [6.45, 7) is 3.64. The molecule has 0 N–H and O–H groups in total. The number of hydrogen-bond donors (Lipinski definition) is 0. The summed E-state index contributed by atoms with van der Waals surface area (Å²) in [5.41, 5.74) is 0. The molecular formula is C3H10Cl3SiSn. The SMILES string of the molecule is [CH2]CC[SiH3].[Cl][SnH]([Cl])[Cl]. The molecule has 0 aromatic rings. The molecule has 0 unspecified atom stereocenters. The molecule has 0 aliphatic heterocycles. The van der Waals surface area contributed by atoms with Crippen LogP contribution in [0.5, 0.6) is 0 Å². The van der Waals surface area contributed by atoms with Gasteiger partial charge in [-0.3, -0.25) is 0 Å². The van der Waals surface area contributed by atoms with E-state index in [1.54, 1.807) is 0 Å². The van der Waals surface area contributed by atoms with Crippen molar-refractivity contribution in [2.75, 3.05) is 0 Å². The van der Waals surface area contributed by atoms with Gasteiger partial charge in [-0.25, -0.2) is 0 Å². The zero-order valence-corrected chi connectivity index (χ0v) is 12.4. The fourth-order valence-corrected chi connectivity index (χ4v) is 0. The van der Waals surface area contributed by atoms with Crippen molar-refractivity contribution >= 4 is 53.4 Å². The van der Waals surface area contributed by atoms with Crippen LogP contribution >= 0.6 is 26.8 Å². The quantitative estimate of drug-likeness (QED) is 0.642. The van der Waals surface area contributed by atoms with Gasteiger partial charge in [0.15, 0.2) is 0 Å². The predicted octanol–water partition coefficient (Wildman–Crippen LogP) is 1.41. The molecule has 0 spiro atoms. The maximum absolute atomic E-state index is 5.02. The van der Waals surface area contributed by atoms with E-state index in [1.165, 1.54) is 16.3 Å². The van der Waals surface area contributed by atoms with E-state index in [2.05, 4.69) is 6.92 Å². The molecule has 0 fully saturated rings. The summed E-state index contributed by atoms with van der Waals surface area (Å²) < 4.78 is 0. The van der Waals surface area contributed by atoms with Gasteiger partial charge in [0.1, 0.15) is 0 Å². The van der Waals surface area contributed by atoms with Gasteiger partial charge in [0, 0.05) is 10.2 Å². The van der Waals surface area contributed by atoms with Crippen LogP contribution in [0, 0.1) is 6.92 Å². The fourth-order valence-electron chi connectivity index (χ4n) is 0. The summed E-state index contributed by atoms with van der Waals surface area (Å²) in [4.78, 5) is 0. The standard InChI is InChI=1S/C3H9Si.3ClH.Sn.H/c1-2-3-4;;;;;/h1-3H2,4H3;3*1H;;/q;;;;+3;/p-3. The van der Waals surface area contributed by atoms with Crippen LogP contribution in [0.4, 0.5) is 0 Å². The van der Waals surface area contributed by atoms with E-state index in [4.69, 9.17) is 26.8 Å². The molecular weight excluding hydrogens is 289 g/mol. The Balaban J connectivity index is 0. The molecule has 5 heteroatoms. The van der Waals surface area contributed by atoms with Crippen LogP contribution in [-0.2, 0) is 0 Å². The number of halogens is 3. The van der Waals surface area contributed by atoms with Gasteiger partial charge in [0.2, 0.25) is 0 Å². The van der Waals surface area contributed by atoms with Crippen molar-refractivity contribution in [3.8, 4) is 0 Å². The van der Waals surface area contributed by atoms with Crippen molar-refractivity contribution in [2.24, 2.45) is 0 Å². The summed E-state index contributed by atoms with van der Waals surface area (Å²) in [5, 5.41) is 0. The van der Waals surface area contributed by atoms with Crippen molar-refractivity contribution in [1.29, 1.82) is 0 Å². The van der Waals surface area contributed by atoms with Crippen LogP contribution in [0.3, 0.4) is 0 Å². The van der Waals surface area contributed by atoms with Crippen molar-refractivity contribution in [2.45, 2.75) is 12.5 Å². The molecule has 0 saturated carbocycles. The Hall–Kier alpha value is 1.89. The van der Waals surface area contributed by atoms with Crippen molar-refractivity contribution < 1.29 is 0 Å². The first-order valence-electron chi connectivity index (χ1n) is 2.36. The van der Waals surface area contributed by atoms with E-state index in [-0.39, 0.29) is 0 Å². The van der Waals surface area contributed by atoms with Gasteiger partial charge in [-0.1, -0.05) is 19.4 Å². The summed E-state index contributed by atoms with van der Waals surface area (Å²) in [5.74, 6) is 0. The average molecular weight is 299 g/mol. The van der Waals surface area contributed by atoms with Gasteiger partial charge in [-0.15, -0.1) is 0 Å². The molecule has 0 nitrogen and oxygen atoms in total. The van der Waals surface area contributed by atoms with Crippen LogP contribution < -0.4 is 0 Å². The summed E-state index contributed by atoms with van der Waals surface area (Å²) in [6.07, 6.45) is 1.13. The van der Waals surface area contributed by atoms with E-state index in [0.29, 0.717) is 0 Å². The third-order valence-corrected chi connectivity index (χ3v) is 1.06. The zero-order valence-electron chi connectivity index (χ0n) is 4.83. The van der Waals surface area contributed by atoms with Crippen molar-refractivity contribution in [3.63, 3.8) is 0 Å². The van der Waals surface area contributed by atoms with Gasteiger partial charge in [-0.05, 0) is 0 Å². The molecule has 0 amide bonds. The van der Waals surface area contributed by atoms with Crippen LogP contribution in [0.25, 0.3) is 0 Å². The average Bonchev–Trinajstić information content (AvgIpc) is 1.65. The Morgan fingerprint density at radius 1 is 1.38 bits per heavy atom. The second-order valence-corrected chi connectivity index (χ2v) is 16.8. The van der Waals surface area contributed by atoms with Crippen LogP contribution in [0.1, 0.15) is 6.42 Å². The van der Waals surface area contributed by atoms with Crippen LogP contribution in [0.15, 0.2) is 0 Å². The molecule has 8 heavy (non-hydrogen) atoms. The molecule has 0 aromatic carbocycles. The second kappa shape index (κ2) is 11.7. The van der Waals surface area contributed by atoms with Gasteiger partial charge in [-0.2, -0.15) is 0 Å². The zero-order chi connectivity index (χ0) is 6.99. The molecule has 51 valence electrons. The Morgan fingerprint density at radius 3 is 1.50 bits per heavy atom. The van der Waals surface area contributed by atoms with Gasteiger partial charge in [0.25, 0.3) is 0 Å². The minimum atomic E-state index is -2.22. The molecule has 0 heterocycles. The van der Waals surface area contributed by atoms with Gasteiger partial charge >= 0.3 is 43.1 Å². The Morgan fingerprint density at radius 2 is 1.50 bits per heavy atom. The summed E-state index contributed by atoms with van der Waals surface area (Å²) >= 11 is -2.22. The first-order chi connectivity index (χ1) is 3.65. The summed E-state index contributed by atoms with van der Waals surface area (Å²) in [6, 6.07) is 1.35. The van der Waals surface area contributed by atoms with Crippen LogP contribution in [-0.4, -0.2) is 26.6 Å². The van der Waals surface area contributed by atoms with Crippen molar-refractivity contribution in [3.05, 3.63) is 6.92 Å². The first-order valence-corrected chi connectivity index (χ1v) is 16.3. The third-order valence-electron chi connectivity index (χ3n) is 0.354. The van der Waals surface area contributed by atoms with E-state index in [9.17, 15) is 0 Å². The van der Waals surface area contributed by atoms with E-state index in [0.717, 1.165) is 6.42 Å². The van der Waals surface area contributed by atoms with Crippen LogP contribution in [0.2, 0.25) is 6.04 Å². The molecule has 0 atom stereocenters. The third kappa shape index (κ3) is 44.9. The Kier molecular flexibility index (Phi) is 18.3. The van der Waals surface area contributed by atoms with Gasteiger partial charge < -0.3 is 0 Å². The summed E-state index contributed by atoms with van der Waals surface area (Å²) in [7, 11) is 16.4. The fraction of sp³-hybridized carbons (Fsp3) is 0.667. The Labute approximate surface area is 72.2 Å². The number of hydrogen-bond acceptors (Lipinski definition) is 0. The van der Waals surface area contributed by atoms with E-state index >= 15 is 0 Å². The molecule has 0 aliphatic carbocycles. The van der Waals surface area contributed by atoms with Gasteiger partial charge in [0.05, 0.1) is 0 Å². The normalized spacial score (nSPS) is 8.62. The first kappa shape index (κ1) is 12.6. The van der Waals surface area contributed by atoms with E-state index in [1.807, 2.05) is 0 Å². The molecule has 1 radical (unpaired) electrons. The molecule has 0 aromatic heterocycles. The molecule has 0 saturated heterocycles. The Bertz CT molecular complexity index is 31.0. The maximum atomic E-state index is 5.02. The monoisotopic (exact) mass is 299 g/mol. The molecule has 0 aliphatic rings. The van der Waals surface area contributed by atoms with E-state index < -0.39 is 16.4 Å². The molecule has 0 rings (SSSR count). The number of rotatable bonds is 1. The molecule has 0 bridgehead atoms. The second-order valence-electron chi connectivity index (χ2n) is 1.10. The topological polar surface area (TPSA) is 0 Å². The van der Waals surface area contributed by atoms with Crippen molar-refractivity contribution in [1.82, 2.24) is 0 Å². The minimum absolute atomic E-state index is 1.13.